The molecule has 3 atom stereocenters. The molecule has 0 aliphatic carbocycles. The molecule has 3 unspecified atom stereocenters. The average Bonchev–Trinajstić information content (AvgIpc) is 2.91. The van der Waals surface area contributed by atoms with Gasteiger partial charge in [0.15, 0.2) is 18.1 Å². The summed E-state index contributed by atoms with van der Waals surface area (Å²) in [6, 6.07) is 21.3. The third-order valence-corrected chi connectivity index (χ3v) is 9.51. The van der Waals surface area contributed by atoms with Crippen molar-refractivity contribution in [3.63, 3.8) is 0 Å². The highest BCUT2D eigenvalue weighted by Crippen LogP contribution is 2.45. The van der Waals surface area contributed by atoms with E-state index in [9.17, 15) is 5.11 Å². The Labute approximate surface area is 271 Å². The van der Waals surface area contributed by atoms with E-state index in [-0.39, 0.29) is 29.0 Å². The molecule has 44 heavy (non-hydrogen) atoms. The summed E-state index contributed by atoms with van der Waals surface area (Å²) in [6.07, 6.45) is -0.498. The summed E-state index contributed by atoms with van der Waals surface area (Å²) in [6.45, 7) is 29.3. The molecular formula is C38H58O4Si2. The lowest BCUT2D eigenvalue weighted by molar-refractivity contribution is 0.0655. The van der Waals surface area contributed by atoms with E-state index >= 15 is 0 Å². The minimum Gasteiger partial charge on any atom is -0.489 e. The minimum atomic E-state index is -1.33. The van der Waals surface area contributed by atoms with Crippen molar-refractivity contribution >= 4 is 18.1 Å². The highest BCUT2D eigenvalue weighted by Gasteiger charge is 2.36. The van der Waals surface area contributed by atoms with E-state index in [0.29, 0.717) is 6.61 Å². The molecule has 1 N–H and O–H groups in total. The molecule has 0 radical (unpaired) electrons. The molecule has 0 aliphatic rings. The lowest BCUT2D eigenvalue weighted by atomic mass is 9.77. The monoisotopic (exact) mass is 634 g/mol. The number of ether oxygens (including phenoxy) is 1. The quantitative estimate of drug-likeness (QED) is 0.201. The smallest absolute Gasteiger partial charge is 0.171 e. The predicted octanol–water partition coefficient (Wildman–Crippen LogP) is 10.1. The van der Waals surface area contributed by atoms with E-state index in [4.69, 9.17) is 13.6 Å². The molecule has 0 amide bonds. The van der Waals surface area contributed by atoms with Crippen LogP contribution in [0, 0.1) is 23.7 Å². The average molecular weight is 635 g/mol. The number of aliphatic hydroxyl groups is 1. The van der Waals surface area contributed by atoms with Gasteiger partial charge in [0, 0.05) is 0 Å². The first-order valence-corrected chi connectivity index (χ1v) is 21.9. The van der Waals surface area contributed by atoms with Gasteiger partial charge >= 0.3 is 0 Å². The zero-order chi connectivity index (χ0) is 33.0. The second kappa shape index (κ2) is 14.9. The molecule has 3 rings (SSSR count). The number of benzene rings is 3. The number of hydrogen-bond donors (Lipinski definition) is 1. The molecule has 242 valence electrons. The van der Waals surface area contributed by atoms with Crippen LogP contribution in [0.2, 0.25) is 26.2 Å². The number of hydrogen-bond acceptors (Lipinski definition) is 4. The highest BCUT2D eigenvalue weighted by atomic mass is 28.3. The molecule has 0 bridgehead atoms. The lowest BCUT2D eigenvalue weighted by Crippen LogP contribution is -2.31. The Bertz CT molecular complexity index is 1370. The van der Waals surface area contributed by atoms with Crippen LogP contribution in [-0.2, 0) is 15.5 Å². The maximum atomic E-state index is 10.5. The largest absolute Gasteiger partial charge is 0.489 e. The number of aliphatic hydroxyl groups excluding tert-OH is 1. The number of aryl methyl sites for hydroxylation is 1. The molecule has 0 aromatic heterocycles. The molecule has 0 spiro atoms. The van der Waals surface area contributed by atoms with E-state index in [1.54, 1.807) is 0 Å². The molecule has 0 heterocycles. The van der Waals surface area contributed by atoms with Gasteiger partial charge in [-0.2, -0.15) is 0 Å². The van der Waals surface area contributed by atoms with Gasteiger partial charge in [-0.1, -0.05) is 97.9 Å². The third kappa shape index (κ3) is 9.64. The van der Waals surface area contributed by atoms with E-state index in [0.717, 1.165) is 33.6 Å². The fraction of sp³-hybridized carbons (Fsp3) is 0.526. The van der Waals surface area contributed by atoms with Crippen LogP contribution in [0.4, 0.5) is 0 Å². The van der Waals surface area contributed by atoms with Crippen molar-refractivity contribution in [2.24, 2.45) is 16.7 Å². The summed E-state index contributed by atoms with van der Waals surface area (Å²) in [5, 5.41) is 10.5. The summed E-state index contributed by atoms with van der Waals surface area (Å²) in [4.78, 5) is 0. The van der Waals surface area contributed by atoms with Crippen molar-refractivity contribution in [3.05, 3.63) is 88.5 Å². The second-order valence-corrected chi connectivity index (χ2v) is 20.1. The molecule has 6 heteroatoms. The van der Waals surface area contributed by atoms with Crippen LogP contribution >= 0.6 is 0 Å². The van der Waals surface area contributed by atoms with Crippen LogP contribution in [-0.4, -0.2) is 23.2 Å². The van der Waals surface area contributed by atoms with Gasteiger partial charge in [0.05, 0.1) is 18.3 Å². The Hall–Kier alpha value is -2.23. The van der Waals surface area contributed by atoms with Gasteiger partial charge in [-0.25, -0.2) is 0 Å². The molecule has 3 aromatic carbocycles. The molecule has 0 saturated carbocycles. The van der Waals surface area contributed by atoms with Crippen LogP contribution in [0.1, 0.15) is 102 Å². The van der Waals surface area contributed by atoms with Crippen LogP contribution < -0.4 is 4.74 Å². The second-order valence-electron chi connectivity index (χ2n) is 15.4. The van der Waals surface area contributed by atoms with Crippen molar-refractivity contribution in [1.29, 1.82) is 0 Å². The van der Waals surface area contributed by atoms with Crippen LogP contribution in [0.15, 0.2) is 60.7 Å². The van der Waals surface area contributed by atoms with Crippen molar-refractivity contribution < 1.29 is 18.7 Å². The Morgan fingerprint density at radius 1 is 0.727 bits per heavy atom. The maximum Gasteiger partial charge on any atom is 0.171 e. The van der Waals surface area contributed by atoms with Crippen molar-refractivity contribution in [2.45, 2.75) is 113 Å². The summed E-state index contributed by atoms with van der Waals surface area (Å²) in [5.74, 6) is 1.01. The summed E-state index contributed by atoms with van der Waals surface area (Å²) in [5.41, 5.74) is 7.81. The zero-order valence-electron chi connectivity index (χ0n) is 29.6. The van der Waals surface area contributed by atoms with Gasteiger partial charge in [-0.05, 0) is 107 Å². The fourth-order valence-electron chi connectivity index (χ4n) is 5.71. The van der Waals surface area contributed by atoms with Crippen LogP contribution in [0.3, 0.4) is 0 Å². The predicted molar refractivity (Wildman–Crippen MR) is 192 cm³/mol. The van der Waals surface area contributed by atoms with Crippen LogP contribution in [0.5, 0.6) is 5.75 Å². The Balaban J connectivity index is 1.97. The van der Waals surface area contributed by atoms with Gasteiger partial charge in [0.25, 0.3) is 0 Å². The summed E-state index contributed by atoms with van der Waals surface area (Å²) >= 11 is 0. The SMILES string of the molecule is Cc1cc(C(O)C(C)C)ccc1-c1cccc(OCc2ccc(C(O[SiH](C)C)C(C)(C)C)c(C(O[SiH](C)C)C(C)(C)C)c2)c1. The first-order valence-electron chi connectivity index (χ1n) is 16.3. The molecular weight excluding hydrogens is 577 g/mol. The van der Waals surface area contributed by atoms with E-state index in [1.165, 1.54) is 11.1 Å². The van der Waals surface area contributed by atoms with Gasteiger partial charge in [-0.3, -0.25) is 0 Å². The van der Waals surface area contributed by atoms with Crippen molar-refractivity contribution in [3.8, 4) is 16.9 Å². The molecule has 0 aliphatic heterocycles. The topological polar surface area (TPSA) is 47.9 Å². The van der Waals surface area contributed by atoms with Gasteiger partial charge in [0.1, 0.15) is 12.4 Å². The third-order valence-electron chi connectivity index (χ3n) is 7.88. The maximum absolute atomic E-state index is 10.5. The molecule has 4 nitrogen and oxygen atoms in total. The van der Waals surface area contributed by atoms with E-state index in [2.05, 4.69) is 117 Å². The normalized spacial score (nSPS) is 14.8. The summed E-state index contributed by atoms with van der Waals surface area (Å²) < 4.78 is 19.9. The Morgan fingerprint density at radius 3 is 1.84 bits per heavy atom. The van der Waals surface area contributed by atoms with E-state index in [1.807, 2.05) is 32.0 Å². The van der Waals surface area contributed by atoms with Crippen molar-refractivity contribution in [2.75, 3.05) is 0 Å². The van der Waals surface area contributed by atoms with Gasteiger partial charge < -0.3 is 18.7 Å². The Kier molecular flexibility index (Phi) is 12.3. The first kappa shape index (κ1) is 36.2. The van der Waals surface area contributed by atoms with Crippen molar-refractivity contribution in [1.82, 2.24) is 0 Å². The molecule has 0 saturated heterocycles. The first-order chi connectivity index (χ1) is 20.4. The standard InChI is InChI=1S/C38H58O4Si2/c1-25(2)34(39)29-18-20-31(26(3)21-29)28-15-14-16-30(23-28)40-24-27-17-19-32(35(37(4,5)6)41-43(10)11)33(22-27)36(38(7,8)9)42-44(12)13/h14-23,25,34-36,39,43-44H,24H2,1-13H3. The Morgan fingerprint density at radius 2 is 1.32 bits per heavy atom. The highest BCUT2D eigenvalue weighted by molar-refractivity contribution is 6.48. The lowest BCUT2D eigenvalue weighted by Gasteiger charge is -2.39. The molecule has 3 aromatic rings. The minimum absolute atomic E-state index is 0.00521. The number of rotatable bonds is 12. The van der Waals surface area contributed by atoms with E-state index < -0.39 is 24.2 Å². The molecule has 0 fully saturated rings. The van der Waals surface area contributed by atoms with Gasteiger partial charge in [-0.15, -0.1) is 0 Å². The van der Waals surface area contributed by atoms with Crippen LogP contribution in [0.25, 0.3) is 11.1 Å². The summed E-state index contributed by atoms with van der Waals surface area (Å²) in [7, 11) is -2.64. The zero-order valence-corrected chi connectivity index (χ0v) is 31.9. The van der Waals surface area contributed by atoms with Gasteiger partial charge in [0.2, 0.25) is 0 Å². The fourth-order valence-corrected chi connectivity index (χ4v) is 7.91.